The average molecular weight is 402 g/mol. The Balaban J connectivity index is 1.54. The minimum absolute atomic E-state index is 0.0518. The number of nitrogens with zero attached hydrogens (tertiary/aromatic N) is 1. The molecule has 1 spiro atoms. The molecule has 29 heavy (non-hydrogen) atoms. The number of piperidine rings is 1. The molecule has 0 bridgehead atoms. The molecule has 1 aromatic carbocycles. The molecule has 7 nitrogen and oxygen atoms in total. The first kappa shape index (κ1) is 21.1. The molecule has 2 fully saturated rings. The zero-order valence-electron chi connectivity index (χ0n) is 16.8. The van der Waals surface area contributed by atoms with Crippen LogP contribution in [0.15, 0.2) is 30.3 Å². The molecule has 2 aliphatic rings. The first-order chi connectivity index (χ1) is 14.0. The van der Waals surface area contributed by atoms with Crippen LogP contribution in [0.1, 0.15) is 56.9 Å². The molecule has 0 radical (unpaired) electrons. The third-order valence-corrected chi connectivity index (χ3v) is 6.25. The number of carboxylic acid groups (broad SMARTS) is 1. The summed E-state index contributed by atoms with van der Waals surface area (Å²) in [4.78, 5) is 38.0. The van der Waals surface area contributed by atoms with Gasteiger partial charge in [-0.15, -0.1) is 0 Å². The van der Waals surface area contributed by atoms with Crippen LogP contribution in [-0.2, 0) is 20.9 Å². The predicted octanol–water partition coefficient (Wildman–Crippen LogP) is 3.33. The van der Waals surface area contributed by atoms with Gasteiger partial charge in [0.2, 0.25) is 5.91 Å². The molecule has 0 aromatic heterocycles. The third kappa shape index (κ3) is 5.95. The number of nitrogens with one attached hydrogen (secondary N) is 1. The van der Waals surface area contributed by atoms with Gasteiger partial charge in [0.05, 0.1) is 0 Å². The fourth-order valence-corrected chi connectivity index (χ4v) is 4.48. The van der Waals surface area contributed by atoms with Gasteiger partial charge in [0.25, 0.3) is 0 Å². The Morgan fingerprint density at radius 1 is 1.07 bits per heavy atom. The van der Waals surface area contributed by atoms with Gasteiger partial charge in [0.15, 0.2) is 0 Å². The van der Waals surface area contributed by atoms with Crippen molar-refractivity contribution in [3.05, 3.63) is 35.9 Å². The quantitative estimate of drug-likeness (QED) is 0.729. The topological polar surface area (TPSA) is 95.9 Å². The van der Waals surface area contributed by atoms with Crippen molar-refractivity contribution in [1.82, 2.24) is 10.2 Å². The molecular weight excluding hydrogens is 372 g/mol. The van der Waals surface area contributed by atoms with E-state index in [-0.39, 0.29) is 25.4 Å². The number of rotatable bonds is 7. The van der Waals surface area contributed by atoms with E-state index in [0.717, 1.165) is 18.4 Å². The predicted molar refractivity (Wildman–Crippen MR) is 107 cm³/mol. The summed E-state index contributed by atoms with van der Waals surface area (Å²) in [6.45, 7) is 1.44. The van der Waals surface area contributed by atoms with Crippen molar-refractivity contribution >= 4 is 18.0 Å². The Hall–Kier alpha value is -2.57. The van der Waals surface area contributed by atoms with Crippen molar-refractivity contribution in [2.24, 2.45) is 5.41 Å². The van der Waals surface area contributed by atoms with E-state index < -0.39 is 18.1 Å². The van der Waals surface area contributed by atoms with E-state index >= 15 is 0 Å². The average Bonchev–Trinajstić information content (AvgIpc) is 3.18. The second-order valence-electron chi connectivity index (χ2n) is 8.22. The summed E-state index contributed by atoms with van der Waals surface area (Å²) in [5, 5.41) is 11.6. The van der Waals surface area contributed by atoms with Crippen LogP contribution in [0.2, 0.25) is 0 Å². The van der Waals surface area contributed by atoms with Gasteiger partial charge >= 0.3 is 12.1 Å². The van der Waals surface area contributed by atoms with E-state index in [1.165, 1.54) is 25.7 Å². The number of alkyl carbamates (subject to hydrolysis) is 1. The summed E-state index contributed by atoms with van der Waals surface area (Å²) in [6, 6.07) is 8.37. The number of benzene rings is 1. The lowest BCUT2D eigenvalue weighted by Crippen LogP contribution is -2.52. The SMILES string of the molecule is O=C(O)CCC(NC(=O)OCc1ccccc1)C(=O)N1CCC2(CCCC2)CC1. The summed E-state index contributed by atoms with van der Waals surface area (Å²) < 4.78 is 5.21. The lowest BCUT2D eigenvalue weighted by molar-refractivity contribution is -0.138. The molecule has 158 valence electrons. The maximum Gasteiger partial charge on any atom is 0.408 e. The standard InChI is InChI=1S/C22H30N2O5/c25-19(26)9-8-18(23-21(28)29-16-17-6-2-1-3-7-17)20(27)24-14-12-22(13-15-24)10-4-5-11-22/h1-3,6-7,18H,4-5,8-16H2,(H,23,28)(H,25,26). The first-order valence-corrected chi connectivity index (χ1v) is 10.5. The van der Waals surface area contributed by atoms with Crippen LogP contribution in [0.25, 0.3) is 0 Å². The fourth-order valence-electron chi connectivity index (χ4n) is 4.48. The van der Waals surface area contributed by atoms with Crippen molar-refractivity contribution in [3.63, 3.8) is 0 Å². The number of hydrogen-bond donors (Lipinski definition) is 2. The van der Waals surface area contributed by atoms with Crippen LogP contribution in [0.5, 0.6) is 0 Å². The number of ether oxygens (including phenoxy) is 1. The van der Waals surface area contributed by atoms with E-state index in [9.17, 15) is 14.4 Å². The van der Waals surface area contributed by atoms with Gasteiger partial charge in [-0.25, -0.2) is 4.79 Å². The van der Waals surface area contributed by atoms with Crippen molar-refractivity contribution in [1.29, 1.82) is 0 Å². The minimum Gasteiger partial charge on any atom is -0.481 e. The van der Waals surface area contributed by atoms with Gasteiger partial charge in [-0.3, -0.25) is 9.59 Å². The summed E-state index contributed by atoms with van der Waals surface area (Å²) >= 11 is 0. The lowest BCUT2D eigenvalue weighted by atomic mass is 9.77. The number of aliphatic carboxylic acids is 1. The Morgan fingerprint density at radius 3 is 2.34 bits per heavy atom. The second kappa shape index (κ2) is 9.76. The zero-order valence-corrected chi connectivity index (χ0v) is 16.8. The van der Waals surface area contributed by atoms with Gasteiger partial charge in [-0.1, -0.05) is 43.2 Å². The molecule has 1 unspecified atom stereocenters. The maximum absolute atomic E-state index is 13.0. The molecular formula is C22H30N2O5. The lowest BCUT2D eigenvalue weighted by Gasteiger charge is -2.40. The smallest absolute Gasteiger partial charge is 0.408 e. The van der Waals surface area contributed by atoms with Crippen molar-refractivity contribution in [2.75, 3.05) is 13.1 Å². The number of hydrogen-bond acceptors (Lipinski definition) is 4. The highest BCUT2D eigenvalue weighted by molar-refractivity contribution is 5.86. The van der Waals surface area contributed by atoms with Crippen LogP contribution in [-0.4, -0.2) is 47.1 Å². The molecule has 1 aliphatic heterocycles. The van der Waals surface area contributed by atoms with Crippen molar-refractivity contribution < 1.29 is 24.2 Å². The molecule has 1 saturated carbocycles. The number of carbonyl (C=O) groups is 3. The summed E-state index contributed by atoms with van der Waals surface area (Å²) in [5.74, 6) is -1.21. The Bertz CT molecular complexity index is 705. The number of likely N-dealkylation sites (tertiary alicyclic amines) is 1. The maximum atomic E-state index is 13.0. The number of amides is 2. The van der Waals surface area contributed by atoms with E-state index in [1.54, 1.807) is 4.90 Å². The molecule has 1 saturated heterocycles. The van der Waals surface area contributed by atoms with E-state index in [1.807, 2.05) is 30.3 Å². The first-order valence-electron chi connectivity index (χ1n) is 10.5. The summed E-state index contributed by atoms with van der Waals surface area (Å²) in [6.07, 6.45) is 6.15. The molecule has 1 aromatic rings. The van der Waals surface area contributed by atoms with Crippen molar-refractivity contribution in [3.8, 4) is 0 Å². The van der Waals surface area contributed by atoms with E-state index in [4.69, 9.17) is 9.84 Å². The second-order valence-corrected chi connectivity index (χ2v) is 8.22. The van der Waals surface area contributed by atoms with Gasteiger partial charge in [0, 0.05) is 19.5 Å². The van der Waals surface area contributed by atoms with Crippen LogP contribution >= 0.6 is 0 Å². The molecule has 1 atom stereocenters. The number of carbonyl (C=O) groups excluding carboxylic acids is 2. The van der Waals surface area contributed by atoms with Gasteiger partial charge in [-0.2, -0.15) is 0 Å². The van der Waals surface area contributed by atoms with Crippen LogP contribution in [0.3, 0.4) is 0 Å². The summed E-state index contributed by atoms with van der Waals surface area (Å²) in [5.41, 5.74) is 1.23. The normalized spacial score (nSPS) is 19.0. The minimum atomic E-state index is -0.995. The monoisotopic (exact) mass is 402 g/mol. The van der Waals surface area contributed by atoms with Gasteiger partial charge in [0.1, 0.15) is 12.6 Å². The Morgan fingerprint density at radius 2 is 1.72 bits per heavy atom. The molecule has 1 heterocycles. The number of carboxylic acids is 1. The van der Waals surface area contributed by atoms with Crippen LogP contribution in [0.4, 0.5) is 4.79 Å². The zero-order chi connectivity index (χ0) is 20.7. The third-order valence-electron chi connectivity index (χ3n) is 6.25. The highest BCUT2D eigenvalue weighted by Crippen LogP contribution is 2.46. The van der Waals surface area contributed by atoms with Crippen LogP contribution in [0, 0.1) is 5.41 Å². The molecule has 7 heteroatoms. The molecule has 2 amide bonds. The van der Waals surface area contributed by atoms with E-state index in [0.29, 0.717) is 18.5 Å². The molecule has 1 aliphatic carbocycles. The largest absolute Gasteiger partial charge is 0.481 e. The van der Waals surface area contributed by atoms with Crippen molar-refractivity contribution in [2.45, 2.75) is 64.0 Å². The molecule has 2 N–H and O–H groups in total. The van der Waals surface area contributed by atoms with E-state index in [2.05, 4.69) is 5.32 Å². The van der Waals surface area contributed by atoms with Crippen LogP contribution < -0.4 is 5.32 Å². The Kier molecular flexibility index (Phi) is 7.12. The fraction of sp³-hybridized carbons (Fsp3) is 0.591. The van der Waals surface area contributed by atoms with Gasteiger partial charge in [-0.05, 0) is 43.1 Å². The highest BCUT2D eigenvalue weighted by Gasteiger charge is 2.39. The summed E-state index contributed by atoms with van der Waals surface area (Å²) in [7, 11) is 0. The highest BCUT2D eigenvalue weighted by atomic mass is 16.5. The molecule has 3 rings (SSSR count). The van der Waals surface area contributed by atoms with Gasteiger partial charge < -0.3 is 20.1 Å². The Labute approximate surface area is 171 Å².